The smallest absolute Gasteiger partial charge is 0.343 e. The number of halogens is 3. The van der Waals surface area contributed by atoms with Gasteiger partial charge in [0.1, 0.15) is 24.1 Å². The predicted molar refractivity (Wildman–Crippen MR) is 163 cm³/mol. The maximum absolute atomic E-state index is 13.4. The minimum absolute atomic E-state index is 0.180. The maximum atomic E-state index is 13.4. The average molecular weight is 633 g/mol. The van der Waals surface area contributed by atoms with E-state index in [4.69, 9.17) is 0 Å². The fraction of sp³-hybridized carbons (Fsp3) is 0.344. The molecule has 5 heterocycles. The van der Waals surface area contributed by atoms with Crippen molar-refractivity contribution in [2.45, 2.75) is 65.7 Å². The van der Waals surface area contributed by atoms with E-state index >= 15 is 0 Å². The summed E-state index contributed by atoms with van der Waals surface area (Å²) in [6, 6.07) is 4.66. The third kappa shape index (κ3) is 6.32. The van der Waals surface area contributed by atoms with Crippen molar-refractivity contribution in [3.05, 3.63) is 71.6 Å². The van der Waals surface area contributed by atoms with Crippen LogP contribution in [0.2, 0.25) is 0 Å². The van der Waals surface area contributed by atoms with Gasteiger partial charge in [0, 0.05) is 41.2 Å². The van der Waals surface area contributed by atoms with Crippen LogP contribution in [0.25, 0.3) is 27.8 Å². The summed E-state index contributed by atoms with van der Waals surface area (Å²) in [6.07, 6.45) is 3.94. The van der Waals surface area contributed by atoms with E-state index in [2.05, 4.69) is 30.7 Å². The van der Waals surface area contributed by atoms with Gasteiger partial charge < -0.3 is 15.2 Å². The van der Waals surface area contributed by atoms with Gasteiger partial charge in [-0.1, -0.05) is 13.0 Å². The molecular weight excluding hydrogens is 601 g/mol. The Morgan fingerprint density at radius 3 is 2.52 bits per heavy atom. The van der Waals surface area contributed by atoms with Gasteiger partial charge in [-0.25, -0.2) is 14.5 Å². The number of hydrogen-bond donors (Lipinski definition) is 2. The molecule has 0 unspecified atom stereocenters. The molecule has 0 saturated heterocycles. The Bertz CT molecular complexity index is 2030. The number of amides is 2. The SMILES string of the molecule is CC(=O)c1cn(CC(=O)N[C@@H](CC2(C)CC2)C(=O)Nc2nc(C(F)(F)F)ccc2C)c2cnc(-c3cnc4cc(C)nn4c3)cc12. The highest BCUT2D eigenvalue weighted by Crippen LogP contribution is 2.49. The molecule has 6 rings (SSSR count). The first kappa shape index (κ1) is 30.9. The Kier molecular flexibility index (Phi) is 7.61. The summed E-state index contributed by atoms with van der Waals surface area (Å²) < 4.78 is 43.0. The molecular formula is C32H31F3N8O3. The van der Waals surface area contributed by atoms with Gasteiger partial charge in [0.2, 0.25) is 11.8 Å². The number of fused-ring (bicyclic) bond motifs is 2. The summed E-state index contributed by atoms with van der Waals surface area (Å²) in [6.45, 7) is 6.59. The van der Waals surface area contributed by atoms with E-state index in [0.717, 1.165) is 24.6 Å². The fourth-order valence-electron chi connectivity index (χ4n) is 5.42. The number of Topliss-reactive ketones (excluding diaryl/α,β-unsaturated/α-hetero) is 1. The van der Waals surface area contributed by atoms with Crippen LogP contribution in [0.1, 0.15) is 60.4 Å². The molecule has 5 aromatic rings. The largest absolute Gasteiger partial charge is 0.433 e. The lowest BCUT2D eigenvalue weighted by atomic mass is 9.98. The van der Waals surface area contributed by atoms with E-state index in [1.807, 2.05) is 19.9 Å². The number of alkyl halides is 3. The number of rotatable bonds is 9. The highest BCUT2D eigenvalue weighted by molar-refractivity contribution is 6.08. The summed E-state index contributed by atoms with van der Waals surface area (Å²) in [4.78, 5) is 51.9. The van der Waals surface area contributed by atoms with Crippen molar-refractivity contribution in [3.63, 3.8) is 0 Å². The second-order valence-electron chi connectivity index (χ2n) is 12.2. The standard InChI is InChI=1S/C32H31F3N8O3/c1-17-5-6-26(32(33,34)35)39-29(17)40-30(46)24(11-31(4)7-8-31)38-28(45)16-42-15-22(19(3)44)21-10-23(36-13-25(21)42)20-12-37-27-9-18(2)41-43(27)14-20/h5-6,9-10,12-15,24H,7-8,11,16H2,1-4H3,(H,38,45)(H,39,40,46)/t24-/m0/s1. The molecule has 14 heteroatoms. The van der Waals surface area contributed by atoms with Crippen molar-refractivity contribution in [2.75, 3.05) is 5.32 Å². The molecule has 2 amide bonds. The average Bonchev–Trinajstić information content (AvgIpc) is 3.42. The molecule has 1 saturated carbocycles. The quantitative estimate of drug-likeness (QED) is 0.211. The van der Waals surface area contributed by atoms with Crippen molar-refractivity contribution in [1.82, 2.24) is 34.4 Å². The number of carbonyl (C=O) groups excluding carboxylic acids is 3. The monoisotopic (exact) mass is 632 g/mol. The summed E-state index contributed by atoms with van der Waals surface area (Å²) in [7, 11) is 0. The van der Waals surface area contributed by atoms with Crippen molar-refractivity contribution >= 4 is 40.0 Å². The summed E-state index contributed by atoms with van der Waals surface area (Å²) in [5, 5.41) is 10.2. The highest BCUT2D eigenvalue weighted by Gasteiger charge is 2.42. The third-order valence-corrected chi connectivity index (χ3v) is 8.27. The Morgan fingerprint density at radius 1 is 1.07 bits per heavy atom. The van der Waals surface area contributed by atoms with Gasteiger partial charge in [0.15, 0.2) is 11.4 Å². The maximum Gasteiger partial charge on any atom is 0.433 e. The first-order valence-corrected chi connectivity index (χ1v) is 14.7. The second kappa shape index (κ2) is 11.3. The Balaban J connectivity index is 1.24. The lowest BCUT2D eigenvalue weighted by molar-refractivity contribution is -0.141. The van der Waals surface area contributed by atoms with Crippen molar-refractivity contribution in [3.8, 4) is 11.3 Å². The highest BCUT2D eigenvalue weighted by atomic mass is 19.4. The minimum Gasteiger partial charge on any atom is -0.343 e. The van der Waals surface area contributed by atoms with Gasteiger partial charge in [-0.3, -0.25) is 19.4 Å². The number of aromatic nitrogens is 6. The molecule has 0 radical (unpaired) electrons. The van der Waals surface area contributed by atoms with Gasteiger partial charge in [0.05, 0.1) is 23.1 Å². The molecule has 0 bridgehead atoms. The molecule has 2 N–H and O–H groups in total. The van der Waals surface area contributed by atoms with E-state index in [1.54, 1.807) is 39.9 Å². The van der Waals surface area contributed by atoms with Gasteiger partial charge in [-0.2, -0.15) is 18.3 Å². The van der Waals surface area contributed by atoms with E-state index in [0.29, 0.717) is 45.4 Å². The topological polar surface area (TPSA) is 136 Å². The number of pyridine rings is 2. The van der Waals surface area contributed by atoms with Crippen LogP contribution in [-0.4, -0.2) is 52.8 Å². The lowest BCUT2D eigenvalue weighted by Gasteiger charge is -2.22. The summed E-state index contributed by atoms with van der Waals surface area (Å²) in [5.74, 6) is -1.61. The van der Waals surface area contributed by atoms with Gasteiger partial charge >= 0.3 is 6.18 Å². The van der Waals surface area contributed by atoms with E-state index in [-0.39, 0.29) is 23.6 Å². The van der Waals surface area contributed by atoms with E-state index in [9.17, 15) is 27.6 Å². The van der Waals surface area contributed by atoms with Crippen LogP contribution in [0.5, 0.6) is 0 Å². The minimum atomic E-state index is -4.68. The summed E-state index contributed by atoms with van der Waals surface area (Å²) in [5.41, 5.74) is 2.71. The number of carbonyl (C=O) groups is 3. The molecule has 0 aromatic carbocycles. The number of aryl methyl sites for hydroxylation is 2. The Hall–Kier alpha value is -5.14. The number of hydrogen-bond acceptors (Lipinski definition) is 7. The van der Waals surface area contributed by atoms with Gasteiger partial charge in [0.25, 0.3) is 0 Å². The fourth-order valence-corrected chi connectivity index (χ4v) is 5.42. The molecule has 11 nitrogen and oxygen atoms in total. The van der Waals surface area contributed by atoms with Gasteiger partial charge in [-0.15, -0.1) is 0 Å². The zero-order valence-corrected chi connectivity index (χ0v) is 25.6. The van der Waals surface area contributed by atoms with Crippen molar-refractivity contribution in [1.29, 1.82) is 0 Å². The first-order chi connectivity index (χ1) is 21.7. The van der Waals surface area contributed by atoms with Crippen LogP contribution in [-0.2, 0) is 22.3 Å². The predicted octanol–water partition coefficient (Wildman–Crippen LogP) is 5.29. The Morgan fingerprint density at radius 2 is 1.83 bits per heavy atom. The van der Waals surface area contributed by atoms with E-state index in [1.165, 1.54) is 19.9 Å². The lowest BCUT2D eigenvalue weighted by Crippen LogP contribution is -2.46. The number of nitrogens with one attached hydrogen (secondary N) is 2. The van der Waals surface area contributed by atoms with E-state index < -0.39 is 29.7 Å². The second-order valence-corrected chi connectivity index (χ2v) is 12.2. The molecule has 46 heavy (non-hydrogen) atoms. The molecule has 1 fully saturated rings. The summed E-state index contributed by atoms with van der Waals surface area (Å²) >= 11 is 0. The Labute approximate surface area is 261 Å². The van der Waals surface area contributed by atoms with Crippen LogP contribution in [0.4, 0.5) is 19.0 Å². The molecule has 0 aliphatic heterocycles. The van der Waals surface area contributed by atoms with Crippen LogP contribution in [0.3, 0.4) is 0 Å². The van der Waals surface area contributed by atoms with Crippen LogP contribution < -0.4 is 10.6 Å². The van der Waals surface area contributed by atoms with Crippen molar-refractivity contribution < 1.29 is 27.6 Å². The number of anilines is 1. The first-order valence-electron chi connectivity index (χ1n) is 14.7. The zero-order chi connectivity index (χ0) is 33.0. The van der Waals surface area contributed by atoms with Crippen molar-refractivity contribution in [2.24, 2.45) is 5.41 Å². The molecule has 1 aliphatic carbocycles. The van der Waals surface area contributed by atoms with Crippen LogP contribution >= 0.6 is 0 Å². The zero-order valence-electron chi connectivity index (χ0n) is 25.6. The molecule has 1 aliphatic rings. The molecule has 0 spiro atoms. The number of ketones is 1. The van der Waals surface area contributed by atoms with Crippen LogP contribution in [0, 0.1) is 19.3 Å². The van der Waals surface area contributed by atoms with Gasteiger partial charge in [-0.05, 0) is 63.1 Å². The van der Waals surface area contributed by atoms with Crippen LogP contribution in [0.15, 0.2) is 49.1 Å². The molecule has 5 aromatic heterocycles. The number of nitrogens with zero attached hydrogens (tertiary/aromatic N) is 6. The normalized spacial score (nSPS) is 14.8. The third-order valence-electron chi connectivity index (χ3n) is 8.27. The molecule has 238 valence electrons. The molecule has 1 atom stereocenters.